The van der Waals surface area contributed by atoms with Crippen molar-refractivity contribution in [1.82, 2.24) is 19.6 Å². The lowest BCUT2D eigenvalue weighted by atomic mass is 9.90. The van der Waals surface area contributed by atoms with Gasteiger partial charge in [0.1, 0.15) is 35.0 Å². The fourth-order valence-corrected chi connectivity index (χ4v) is 11.0. The van der Waals surface area contributed by atoms with E-state index >= 15 is 13.6 Å². The molecule has 454 valence electrons. The Morgan fingerprint density at radius 1 is 0.537 bits per heavy atom. The number of ether oxygens (including phenoxy) is 6. The Labute approximate surface area is 482 Å². The van der Waals surface area contributed by atoms with Crippen LogP contribution >= 0.6 is 0 Å². The van der Waals surface area contributed by atoms with Crippen LogP contribution in [0.2, 0.25) is 0 Å². The molecule has 6 rings (SSSR count). The second-order valence-electron chi connectivity index (χ2n) is 24.6. The summed E-state index contributed by atoms with van der Waals surface area (Å²) in [6, 6.07) is 10.4. The molecule has 4 fully saturated rings. The van der Waals surface area contributed by atoms with E-state index in [4.69, 9.17) is 28.4 Å². The zero-order chi connectivity index (χ0) is 60.4. The number of hydrogen-bond acceptors (Lipinski definition) is 14. The van der Waals surface area contributed by atoms with Gasteiger partial charge in [0.05, 0.1) is 0 Å². The van der Waals surface area contributed by atoms with Gasteiger partial charge in [0.15, 0.2) is 24.4 Å². The smallest absolute Gasteiger partial charge is 0.332 e. The van der Waals surface area contributed by atoms with Gasteiger partial charge in [-0.2, -0.15) is 0 Å². The largest absolute Gasteiger partial charge is 0.451 e. The van der Waals surface area contributed by atoms with Gasteiger partial charge in [0.2, 0.25) is 0 Å². The number of carbonyl (C=O) groups excluding carboxylic acids is 8. The number of likely N-dealkylation sites (N-methyl/N-ethyl adjacent to an activating group) is 4. The molecule has 0 aromatic heterocycles. The molecule has 18 nitrogen and oxygen atoms in total. The summed E-state index contributed by atoms with van der Waals surface area (Å²) in [5, 5.41) is 0. The van der Waals surface area contributed by atoms with E-state index in [0.717, 1.165) is 56.4 Å². The van der Waals surface area contributed by atoms with Gasteiger partial charge in [-0.25, -0.2) is 28.0 Å². The number of alkyl halides is 2. The van der Waals surface area contributed by atoms with Crippen molar-refractivity contribution < 1.29 is 75.6 Å². The third-order valence-electron chi connectivity index (χ3n) is 16.6. The summed E-state index contributed by atoms with van der Waals surface area (Å²) in [6.45, 7) is 13.9. The number of amides is 4. The first-order valence-electron chi connectivity index (χ1n) is 29.1. The van der Waals surface area contributed by atoms with Crippen LogP contribution in [0.4, 0.5) is 8.78 Å². The molecule has 82 heavy (non-hydrogen) atoms. The number of esters is 4. The first kappa shape index (κ1) is 65.1. The van der Waals surface area contributed by atoms with Crippen molar-refractivity contribution in [2.75, 3.05) is 54.6 Å². The van der Waals surface area contributed by atoms with Crippen molar-refractivity contribution in [2.24, 2.45) is 5.92 Å². The highest BCUT2D eigenvalue weighted by Crippen LogP contribution is 2.43. The quantitative estimate of drug-likeness (QED) is 0.133. The van der Waals surface area contributed by atoms with Gasteiger partial charge in [0.25, 0.3) is 23.6 Å². The molecule has 20 heteroatoms. The van der Waals surface area contributed by atoms with Gasteiger partial charge < -0.3 is 48.0 Å². The number of hydrogen-bond donors (Lipinski definition) is 0. The third-order valence-corrected chi connectivity index (χ3v) is 16.6. The summed E-state index contributed by atoms with van der Waals surface area (Å²) >= 11 is 0. The van der Waals surface area contributed by atoms with Crippen molar-refractivity contribution in [3.8, 4) is 0 Å². The average molecular weight is 1150 g/mol. The highest BCUT2D eigenvalue weighted by atomic mass is 19.1. The standard InChI is InChI=1S/C62H88F2N4O14/c1-38(2)13-22-47-56(73)79-39(3)52(69)65(9)48(23-28-60(5,6)63)57(74)82-51(36-42-16-20-44(21-17-42)46-26-33-78-34-27-46)55(72)68(12)62(29-30-62)59(76)80-40(4)53(70)67(11)49(37-61(7,8)64)58(75)81-50(54(71)66(47)10)35-41-14-18-43(19-15-41)45-24-31-77-32-25-45/h14-21,38-40,45-51H,13,22-37H2,1-12H3/t39-,40-,47+,48+,49+,50-,51-/m1/s1. The zero-order valence-corrected chi connectivity index (χ0v) is 50.2. The molecule has 1 aliphatic carbocycles. The van der Waals surface area contributed by atoms with Crippen LogP contribution in [0.1, 0.15) is 160 Å². The molecule has 2 aromatic rings. The average Bonchev–Trinajstić information content (AvgIpc) is 2.76. The maximum Gasteiger partial charge on any atom is 0.332 e. The second-order valence-corrected chi connectivity index (χ2v) is 24.6. The lowest BCUT2D eigenvalue weighted by Gasteiger charge is -2.35. The minimum absolute atomic E-state index is 0.0139. The molecular formula is C62H88F2N4O14. The molecule has 0 radical (unpaired) electrons. The number of benzene rings is 2. The number of carbonyl (C=O) groups is 8. The predicted molar refractivity (Wildman–Crippen MR) is 299 cm³/mol. The monoisotopic (exact) mass is 1150 g/mol. The highest BCUT2D eigenvalue weighted by Gasteiger charge is 2.58. The van der Waals surface area contributed by atoms with E-state index in [2.05, 4.69) is 0 Å². The van der Waals surface area contributed by atoms with Crippen LogP contribution in [0.15, 0.2) is 48.5 Å². The molecule has 4 aliphatic rings. The molecular weight excluding hydrogens is 1060 g/mol. The van der Waals surface area contributed by atoms with Crippen LogP contribution in [-0.2, 0) is 79.6 Å². The van der Waals surface area contributed by atoms with E-state index in [1.165, 1.54) is 69.7 Å². The Bertz CT molecular complexity index is 2550. The van der Waals surface area contributed by atoms with Crippen LogP contribution < -0.4 is 0 Å². The van der Waals surface area contributed by atoms with Gasteiger partial charge in [-0.3, -0.25) is 19.2 Å². The van der Waals surface area contributed by atoms with Crippen molar-refractivity contribution in [2.45, 2.75) is 210 Å². The first-order chi connectivity index (χ1) is 38.5. The van der Waals surface area contributed by atoms with Crippen LogP contribution in [0, 0.1) is 5.92 Å². The normalized spacial score (nSPS) is 26.2. The van der Waals surface area contributed by atoms with Gasteiger partial charge >= 0.3 is 23.9 Å². The van der Waals surface area contributed by atoms with E-state index < -0.39 is 113 Å². The lowest BCUT2D eigenvalue weighted by Crippen LogP contribution is -2.55. The molecule has 3 heterocycles. The first-order valence-corrected chi connectivity index (χ1v) is 29.1. The summed E-state index contributed by atoms with van der Waals surface area (Å²) < 4.78 is 66.2. The van der Waals surface area contributed by atoms with Gasteiger partial charge in [-0.1, -0.05) is 62.4 Å². The molecule has 7 atom stereocenters. The topological polar surface area (TPSA) is 205 Å². The Kier molecular flexibility index (Phi) is 22.3. The fraction of sp³-hybridized carbons (Fsp3) is 0.677. The molecule has 0 N–H and O–H groups in total. The maximum atomic E-state index is 15.9. The summed E-state index contributed by atoms with van der Waals surface area (Å²) in [5.74, 6) is -7.14. The number of nitrogens with zero attached hydrogens (tertiary/aromatic N) is 4. The maximum absolute atomic E-state index is 15.9. The third kappa shape index (κ3) is 17.3. The Hall–Kier alpha value is -6.02. The number of cyclic esters (lactones) is 4. The molecule has 3 saturated heterocycles. The molecule has 3 aliphatic heterocycles. The minimum Gasteiger partial charge on any atom is -0.451 e. The summed E-state index contributed by atoms with van der Waals surface area (Å²) in [7, 11) is 5.19. The van der Waals surface area contributed by atoms with Gasteiger partial charge in [0, 0.05) is 73.9 Å². The Morgan fingerprint density at radius 3 is 1.38 bits per heavy atom. The second kappa shape index (κ2) is 28.0. The van der Waals surface area contributed by atoms with Crippen molar-refractivity contribution in [1.29, 1.82) is 0 Å². The lowest BCUT2D eigenvalue weighted by molar-refractivity contribution is -0.177. The van der Waals surface area contributed by atoms with Crippen molar-refractivity contribution in [3.05, 3.63) is 70.8 Å². The van der Waals surface area contributed by atoms with Crippen LogP contribution in [0.5, 0.6) is 0 Å². The molecule has 2 aromatic carbocycles. The fourth-order valence-electron chi connectivity index (χ4n) is 11.0. The van der Waals surface area contributed by atoms with Crippen LogP contribution in [-0.4, -0.2) is 181 Å². The Morgan fingerprint density at radius 2 is 0.939 bits per heavy atom. The van der Waals surface area contributed by atoms with E-state index in [1.807, 2.05) is 62.4 Å². The van der Waals surface area contributed by atoms with E-state index in [-0.39, 0.29) is 62.7 Å². The van der Waals surface area contributed by atoms with Crippen molar-refractivity contribution in [3.63, 3.8) is 0 Å². The van der Waals surface area contributed by atoms with Gasteiger partial charge in [-0.15, -0.1) is 0 Å². The molecule has 1 saturated carbocycles. The highest BCUT2D eigenvalue weighted by molar-refractivity contribution is 5.96. The van der Waals surface area contributed by atoms with E-state index in [0.29, 0.717) is 44.0 Å². The van der Waals surface area contributed by atoms with E-state index in [9.17, 15) is 33.6 Å². The summed E-state index contributed by atoms with van der Waals surface area (Å²) in [5.41, 5.74) is -2.27. The van der Waals surface area contributed by atoms with Gasteiger partial charge in [-0.05, 0) is 146 Å². The Balaban J connectivity index is 1.41. The molecule has 0 bridgehead atoms. The van der Waals surface area contributed by atoms with Crippen LogP contribution in [0.3, 0.4) is 0 Å². The number of rotatable bonds is 14. The number of halogens is 2. The zero-order valence-electron chi connectivity index (χ0n) is 50.2. The molecule has 1 spiro atoms. The molecule has 0 unspecified atom stereocenters. The predicted octanol–water partition coefficient (Wildman–Crippen LogP) is 7.54. The van der Waals surface area contributed by atoms with Crippen molar-refractivity contribution >= 4 is 47.5 Å². The molecule has 4 amide bonds. The summed E-state index contributed by atoms with van der Waals surface area (Å²) in [4.78, 5) is 121. The minimum atomic E-state index is -2.09. The van der Waals surface area contributed by atoms with E-state index in [1.54, 1.807) is 0 Å². The van der Waals surface area contributed by atoms with Crippen LogP contribution in [0.25, 0.3) is 0 Å². The SMILES string of the molecule is CC(C)CC[C@H]1C(=O)O[C@H](C)C(=O)N(C)[C@@H](CCC(C)(C)F)C(=O)O[C@H](Cc2ccc(C3CCOCC3)cc2)C(=O)N(C)C2(CC2)C(=O)O[C@H](C)C(=O)N(C)[C@@H](CC(C)(C)F)C(=O)O[C@H](Cc2ccc(C3CCOCC3)cc2)C(=O)N1C. The summed E-state index contributed by atoms with van der Waals surface area (Å²) in [6.07, 6.45) is -4.08.